The Morgan fingerprint density at radius 3 is 2.90 bits per heavy atom. The lowest BCUT2D eigenvalue weighted by Crippen LogP contribution is -2.36. The van der Waals surface area contributed by atoms with Crippen LogP contribution in [0.2, 0.25) is 0 Å². The van der Waals surface area contributed by atoms with Crippen LogP contribution in [-0.2, 0) is 17.9 Å². The van der Waals surface area contributed by atoms with Crippen molar-refractivity contribution in [1.29, 1.82) is 0 Å². The zero-order valence-corrected chi connectivity index (χ0v) is 12.8. The van der Waals surface area contributed by atoms with Crippen molar-refractivity contribution in [3.63, 3.8) is 0 Å². The molecule has 0 unspecified atom stereocenters. The van der Waals surface area contributed by atoms with Crippen LogP contribution in [0.25, 0.3) is 0 Å². The highest BCUT2D eigenvalue weighted by atomic mass is 16.2. The summed E-state index contributed by atoms with van der Waals surface area (Å²) in [5, 5.41) is 3.37. The van der Waals surface area contributed by atoms with Crippen molar-refractivity contribution in [3.8, 4) is 0 Å². The number of nitrogens with one attached hydrogen (secondary N) is 1. The lowest BCUT2D eigenvalue weighted by atomic mass is 10.2. The molecule has 1 amide bonds. The van der Waals surface area contributed by atoms with Crippen molar-refractivity contribution in [2.24, 2.45) is 5.92 Å². The first-order valence-corrected chi connectivity index (χ1v) is 7.62. The van der Waals surface area contributed by atoms with Gasteiger partial charge in [-0.1, -0.05) is 13.8 Å². The molecule has 0 aliphatic heterocycles. The zero-order valence-electron chi connectivity index (χ0n) is 12.8. The van der Waals surface area contributed by atoms with Crippen LogP contribution in [0.5, 0.6) is 0 Å². The van der Waals surface area contributed by atoms with Gasteiger partial charge in [0.05, 0.1) is 6.54 Å². The highest BCUT2D eigenvalue weighted by Crippen LogP contribution is 2.26. The number of hydrogen-bond acceptors (Lipinski definition) is 3. The Morgan fingerprint density at radius 1 is 1.55 bits per heavy atom. The van der Waals surface area contributed by atoms with Gasteiger partial charge in [-0.3, -0.25) is 4.79 Å². The first-order chi connectivity index (χ1) is 9.61. The van der Waals surface area contributed by atoms with Crippen LogP contribution < -0.4 is 5.32 Å². The van der Waals surface area contributed by atoms with Gasteiger partial charge in [0.15, 0.2) is 0 Å². The fourth-order valence-electron chi connectivity index (χ4n) is 2.38. The number of aromatic nitrogens is 2. The van der Waals surface area contributed by atoms with Crippen LogP contribution >= 0.6 is 0 Å². The predicted molar refractivity (Wildman–Crippen MR) is 79.2 cm³/mol. The Hall–Kier alpha value is -1.36. The van der Waals surface area contributed by atoms with E-state index in [1.165, 1.54) is 0 Å². The van der Waals surface area contributed by atoms with Gasteiger partial charge in [-0.25, -0.2) is 4.98 Å². The Balaban J connectivity index is 1.88. The number of rotatable bonds is 8. The SMILES string of the molecule is CCN(C(=O)Cn1ccnc1CNCC(C)C)C1CC1. The van der Waals surface area contributed by atoms with E-state index in [2.05, 4.69) is 31.1 Å². The topological polar surface area (TPSA) is 50.2 Å². The van der Waals surface area contributed by atoms with Crippen molar-refractivity contribution in [1.82, 2.24) is 19.8 Å². The average molecular weight is 278 g/mol. The standard InChI is InChI=1S/C15H26N4O/c1-4-19(13-5-6-13)15(20)11-18-8-7-17-14(18)10-16-9-12(2)3/h7-8,12-13,16H,4-6,9-11H2,1-3H3. The molecular weight excluding hydrogens is 252 g/mol. The lowest BCUT2D eigenvalue weighted by Gasteiger charge is -2.21. The highest BCUT2D eigenvalue weighted by Gasteiger charge is 2.31. The van der Waals surface area contributed by atoms with Crippen LogP contribution in [-0.4, -0.2) is 39.5 Å². The third-order valence-electron chi connectivity index (χ3n) is 3.59. The highest BCUT2D eigenvalue weighted by molar-refractivity contribution is 5.76. The van der Waals surface area contributed by atoms with E-state index in [0.717, 1.165) is 31.8 Å². The number of hydrogen-bond donors (Lipinski definition) is 1. The minimum Gasteiger partial charge on any atom is -0.338 e. The molecule has 1 aromatic heterocycles. The van der Waals surface area contributed by atoms with Gasteiger partial charge in [0.1, 0.15) is 12.4 Å². The fourth-order valence-corrected chi connectivity index (χ4v) is 2.38. The summed E-state index contributed by atoms with van der Waals surface area (Å²) < 4.78 is 1.96. The third kappa shape index (κ3) is 4.07. The quantitative estimate of drug-likeness (QED) is 0.786. The second kappa shape index (κ2) is 6.88. The van der Waals surface area contributed by atoms with E-state index in [4.69, 9.17) is 0 Å². The van der Waals surface area contributed by atoms with Gasteiger partial charge < -0.3 is 14.8 Å². The molecule has 2 rings (SSSR count). The van der Waals surface area contributed by atoms with E-state index in [9.17, 15) is 4.79 Å². The maximum atomic E-state index is 12.3. The molecule has 0 aromatic carbocycles. The van der Waals surface area contributed by atoms with Crippen LogP contribution in [0.3, 0.4) is 0 Å². The first kappa shape index (κ1) is 15.0. The fraction of sp³-hybridized carbons (Fsp3) is 0.733. The van der Waals surface area contributed by atoms with Gasteiger partial charge in [0.25, 0.3) is 0 Å². The number of likely N-dealkylation sites (N-methyl/N-ethyl adjacent to an activating group) is 1. The van der Waals surface area contributed by atoms with Crippen molar-refractivity contribution in [3.05, 3.63) is 18.2 Å². The maximum Gasteiger partial charge on any atom is 0.242 e. The van der Waals surface area contributed by atoms with E-state index in [1.807, 2.05) is 15.7 Å². The second-order valence-electron chi connectivity index (χ2n) is 5.91. The van der Waals surface area contributed by atoms with Gasteiger partial charge in [-0.2, -0.15) is 0 Å². The van der Waals surface area contributed by atoms with Gasteiger partial charge in [-0.15, -0.1) is 0 Å². The van der Waals surface area contributed by atoms with E-state index >= 15 is 0 Å². The van der Waals surface area contributed by atoms with Crippen LogP contribution in [0, 0.1) is 5.92 Å². The number of nitrogens with zero attached hydrogens (tertiary/aromatic N) is 3. The largest absolute Gasteiger partial charge is 0.338 e. The van der Waals surface area contributed by atoms with E-state index in [-0.39, 0.29) is 5.91 Å². The molecule has 0 radical (unpaired) electrons. The molecule has 0 saturated heterocycles. The molecule has 1 saturated carbocycles. The molecule has 112 valence electrons. The van der Waals surface area contributed by atoms with Gasteiger partial charge in [0.2, 0.25) is 5.91 Å². The van der Waals surface area contributed by atoms with Crippen molar-refractivity contribution in [2.45, 2.75) is 52.7 Å². The lowest BCUT2D eigenvalue weighted by molar-refractivity contribution is -0.132. The molecule has 1 aliphatic rings. The first-order valence-electron chi connectivity index (χ1n) is 7.62. The number of imidazole rings is 1. The molecule has 1 aromatic rings. The summed E-state index contributed by atoms with van der Waals surface area (Å²) >= 11 is 0. The van der Waals surface area contributed by atoms with E-state index < -0.39 is 0 Å². The summed E-state index contributed by atoms with van der Waals surface area (Å²) in [5.41, 5.74) is 0. The molecule has 5 heteroatoms. The average Bonchev–Trinajstić information content (AvgIpc) is 3.12. The van der Waals surface area contributed by atoms with E-state index in [1.54, 1.807) is 6.20 Å². The molecule has 20 heavy (non-hydrogen) atoms. The number of amides is 1. The molecule has 0 atom stereocenters. The molecular formula is C15H26N4O. The Bertz CT molecular complexity index is 437. The summed E-state index contributed by atoms with van der Waals surface area (Å²) in [6.07, 6.45) is 5.98. The summed E-state index contributed by atoms with van der Waals surface area (Å²) in [5.74, 6) is 1.76. The minimum absolute atomic E-state index is 0.207. The molecule has 5 nitrogen and oxygen atoms in total. The van der Waals surface area contributed by atoms with Crippen LogP contribution in [0.15, 0.2) is 12.4 Å². The molecule has 0 bridgehead atoms. The normalized spacial score (nSPS) is 14.8. The Labute approximate surface area is 121 Å². The van der Waals surface area contributed by atoms with Gasteiger partial charge in [0, 0.05) is 25.0 Å². The van der Waals surface area contributed by atoms with Gasteiger partial charge >= 0.3 is 0 Å². The van der Waals surface area contributed by atoms with E-state index in [0.29, 0.717) is 25.0 Å². The second-order valence-corrected chi connectivity index (χ2v) is 5.91. The molecule has 1 N–H and O–H groups in total. The van der Waals surface area contributed by atoms with Crippen LogP contribution in [0.1, 0.15) is 39.4 Å². The maximum absolute atomic E-state index is 12.3. The summed E-state index contributed by atoms with van der Waals surface area (Å²) in [4.78, 5) is 18.6. The molecule has 0 spiro atoms. The zero-order chi connectivity index (χ0) is 14.5. The Kier molecular flexibility index (Phi) is 5.17. The van der Waals surface area contributed by atoms with Crippen molar-refractivity contribution in [2.75, 3.05) is 13.1 Å². The Morgan fingerprint density at radius 2 is 2.30 bits per heavy atom. The summed E-state index contributed by atoms with van der Waals surface area (Å²) in [6.45, 7) is 9.30. The minimum atomic E-state index is 0.207. The smallest absolute Gasteiger partial charge is 0.242 e. The monoisotopic (exact) mass is 278 g/mol. The van der Waals surface area contributed by atoms with Gasteiger partial charge in [-0.05, 0) is 32.2 Å². The summed E-state index contributed by atoms with van der Waals surface area (Å²) in [6, 6.07) is 0.485. The molecule has 1 heterocycles. The molecule has 1 fully saturated rings. The van der Waals surface area contributed by atoms with Crippen molar-refractivity contribution >= 4 is 5.91 Å². The third-order valence-corrected chi connectivity index (χ3v) is 3.59. The molecule has 1 aliphatic carbocycles. The number of carbonyl (C=O) groups excluding carboxylic acids is 1. The van der Waals surface area contributed by atoms with Crippen molar-refractivity contribution < 1.29 is 4.79 Å². The number of carbonyl (C=O) groups is 1. The summed E-state index contributed by atoms with van der Waals surface area (Å²) in [7, 11) is 0. The predicted octanol–water partition coefficient (Wildman–Crippen LogP) is 1.64. The van der Waals surface area contributed by atoms with Crippen LogP contribution in [0.4, 0.5) is 0 Å².